The Bertz CT molecular complexity index is 1320. The zero-order chi connectivity index (χ0) is 27.0. The van der Waals surface area contributed by atoms with Gasteiger partial charge in [0.25, 0.3) is 10.0 Å². The van der Waals surface area contributed by atoms with Crippen LogP contribution in [0.1, 0.15) is 12.5 Å². The fraction of sp³-hybridized carbons (Fsp3) is 0.259. The summed E-state index contributed by atoms with van der Waals surface area (Å²) >= 11 is 0. The summed E-state index contributed by atoms with van der Waals surface area (Å²) in [5.74, 6) is -0.287. The highest BCUT2D eigenvalue weighted by molar-refractivity contribution is 7.92. The van der Waals surface area contributed by atoms with Crippen molar-refractivity contribution < 1.29 is 27.5 Å². The van der Waals surface area contributed by atoms with Gasteiger partial charge in [0, 0.05) is 19.7 Å². The van der Waals surface area contributed by atoms with Gasteiger partial charge in [-0.2, -0.15) is 0 Å². The van der Waals surface area contributed by atoms with Gasteiger partial charge < -0.3 is 19.7 Å². The smallest absolute Gasteiger partial charge is 0.264 e. The molecule has 0 aliphatic carbocycles. The summed E-state index contributed by atoms with van der Waals surface area (Å²) in [6.07, 6.45) is 0. The second-order valence-electron chi connectivity index (χ2n) is 8.16. The Morgan fingerprint density at radius 2 is 1.49 bits per heavy atom. The molecular weight excluding hydrogens is 494 g/mol. The van der Waals surface area contributed by atoms with Crippen molar-refractivity contribution in [2.75, 3.05) is 32.1 Å². The molecule has 10 heteroatoms. The molecule has 196 valence electrons. The Balaban J connectivity index is 2.03. The average molecular weight is 526 g/mol. The number of carbonyl (C=O) groups excluding carboxylic acids is 2. The molecule has 0 fully saturated rings. The monoisotopic (exact) mass is 525 g/mol. The van der Waals surface area contributed by atoms with Crippen molar-refractivity contribution in [1.82, 2.24) is 10.2 Å². The first kappa shape index (κ1) is 27.5. The largest absolute Gasteiger partial charge is 0.493 e. The molecule has 1 atom stereocenters. The number of amides is 2. The van der Waals surface area contributed by atoms with E-state index in [-0.39, 0.29) is 23.1 Å². The molecule has 0 aromatic heterocycles. The van der Waals surface area contributed by atoms with Crippen molar-refractivity contribution in [3.05, 3.63) is 84.4 Å². The zero-order valence-electron chi connectivity index (χ0n) is 21.2. The summed E-state index contributed by atoms with van der Waals surface area (Å²) in [5.41, 5.74) is 1.11. The molecule has 3 rings (SSSR count). The molecule has 0 aliphatic rings. The third kappa shape index (κ3) is 6.39. The van der Waals surface area contributed by atoms with Gasteiger partial charge in [-0.25, -0.2) is 8.42 Å². The van der Waals surface area contributed by atoms with Crippen LogP contribution in [0.3, 0.4) is 0 Å². The molecule has 2 amide bonds. The minimum atomic E-state index is -4.21. The molecule has 0 bridgehead atoms. The predicted molar refractivity (Wildman–Crippen MR) is 141 cm³/mol. The fourth-order valence-electron chi connectivity index (χ4n) is 3.80. The van der Waals surface area contributed by atoms with Crippen molar-refractivity contribution in [2.45, 2.75) is 24.4 Å². The molecule has 3 aromatic carbocycles. The quantitative estimate of drug-likeness (QED) is 0.413. The fourth-order valence-corrected chi connectivity index (χ4v) is 5.23. The number of sulfonamides is 1. The molecule has 3 aromatic rings. The SMILES string of the molecule is CNC(=O)[C@H](C)N(Cc1ccccc1)C(=O)CN(c1ccccc1)S(=O)(=O)c1ccc(OC)c(OC)c1. The Labute approximate surface area is 217 Å². The Kier molecular flexibility index (Phi) is 9.13. The predicted octanol–water partition coefficient (Wildman–Crippen LogP) is 3.06. The third-order valence-corrected chi connectivity index (χ3v) is 7.65. The van der Waals surface area contributed by atoms with Crippen LogP contribution >= 0.6 is 0 Å². The first-order chi connectivity index (χ1) is 17.7. The van der Waals surface area contributed by atoms with Crippen LogP contribution in [0.4, 0.5) is 5.69 Å². The van der Waals surface area contributed by atoms with E-state index < -0.39 is 28.5 Å². The van der Waals surface area contributed by atoms with E-state index in [1.807, 2.05) is 30.3 Å². The van der Waals surface area contributed by atoms with Gasteiger partial charge in [0.15, 0.2) is 11.5 Å². The van der Waals surface area contributed by atoms with Crippen molar-refractivity contribution >= 4 is 27.5 Å². The highest BCUT2D eigenvalue weighted by atomic mass is 32.2. The van der Waals surface area contributed by atoms with E-state index >= 15 is 0 Å². The van der Waals surface area contributed by atoms with Crippen molar-refractivity contribution in [3.8, 4) is 11.5 Å². The summed E-state index contributed by atoms with van der Waals surface area (Å²) in [7, 11) is 0.138. The molecule has 9 nitrogen and oxygen atoms in total. The van der Waals surface area contributed by atoms with Crippen LogP contribution in [0.2, 0.25) is 0 Å². The van der Waals surface area contributed by atoms with Crippen LogP contribution in [-0.4, -0.2) is 59.0 Å². The third-order valence-electron chi connectivity index (χ3n) is 5.88. The second kappa shape index (κ2) is 12.3. The van der Waals surface area contributed by atoms with Crippen LogP contribution in [0.15, 0.2) is 83.8 Å². The number of likely N-dealkylation sites (N-methyl/N-ethyl adjacent to an activating group) is 1. The van der Waals surface area contributed by atoms with Gasteiger partial charge >= 0.3 is 0 Å². The van der Waals surface area contributed by atoms with Crippen LogP contribution in [-0.2, 0) is 26.2 Å². The number of rotatable bonds is 11. The lowest BCUT2D eigenvalue weighted by atomic mass is 10.1. The number of hydrogen-bond donors (Lipinski definition) is 1. The number of benzene rings is 3. The van der Waals surface area contributed by atoms with E-state index in [1.165, 1.54) is 44.4 Å². The molecule has 0 unspecified atom stereocenters. The number of nitrogens with zero attached hydrogens (tertiary/aromatic N) is 2. The Morgan fingerprint density at radius 3 is 2.05 bits per heavy atom. The lowest BCUT2D eigenvalue weighted by Gasteiger charge is -2.31. The number of ether oxygens (including phenoxy) is 2. The molecule has 0 saturated heterocycles. The van der Waals surface area contributed by atoms with Crippen LogP contribution in [0.25, 0.3) is 0 Å². The van der Waals surface area contributed by atoms with Gasteiger partial charge in [-0.1, -0.05) is 48.5 Å². The van der Waals surface area contributed by atoms with Gasteiger partial charge in [-0.15, -0.1) is 0 Å². The number of hydrogen-bond acceptors (Lipinski definition) is 6. The molecule has 0 spiro atoms. The molecule has 0 heterocycles. The Hall–Kier alpha value is -4.05. The van der Waals surface area contributed by atoms with Gasteiger partial charge in [0.05, 0.1) is 24.8 Å². The van der Waals surface area contributed by atoms with Gasteiger partial charge in [-0.05, 0) is 36.8 Å². The van der Waals surface area contributed by atoms with Crippen molar-refractivity contribution in [1.29, 1.82) is 0 Å². The van der Waals surface area contributed by atoms with Crippen LogP contribution in [0, 0.1) is 0 Å². The number of para-hydroxylation sites is 1. The summed E-state index contributed by atoms with van der Waals surface area (Å²) in [4.78, 5) is 27.5. The number of anilines is 1. The lowest BCUT2D eigenvalue weighted by molar-refractivity contribution is -0.139. The van der Waals surface area contributed by atoms with E-state index in [4.69, 9.17) is 9.47 Å². The molecule has 0 saturated carbocycles. The molecule has 0 aliphatic heterocycles. The normalized spacial score (nSPS) is 11.8. The number of methoxy groups -OCH3 is 2. The van der Waals surface area contributed by atoms with Crippen molar-refractivity contribution in [2.24, 2.45) is 0 Å². The summed E-state index contributed by atoms with van der Waals surface area (Å²) in [5, 5.41) is 2.56. The highest BCUT2D eigenvalue weighted by Gasteiger charge is 2.32. The maximum atomic E-state index is 13.9. The number of carbonyl (C=O) groups is 2. The van der Waals surface area contributed by atoms with Gasteiger partial charge in [0.2, 0.25) is 11.8 Å². The molecule has 37 heavy (non-hydrogen) atoms. The Morgan fingerprint density at radius 1 is 0.892 bits per heavy atom. The first-order valence-electron chi connectivity index (χ1n) is 11.6. The van der Waals surface area contributed by atoms with E-state index in [1.54, 1.807) is 37.3 Å². The van der Waals surface area contributed by atoms with Gasteiger partial charge in [0.1, 0.15) is 12.6 Å². The zero-order valence-corrected chi connectivity index (χ0v) is 22.1. The van der Waals surface area contributed by atoms with E-state index in [0.717, 1.165) is 9.87 Å². The maximum Gasteiger partial charge on any atom is 0.264 e. The van der Waals surface area contributed by atoms with Crippen LogP contribution in [0.5, 0.6) is 11.5 Å². The van der Waals surface area contributed by atoms with E-state index in [2.05, 4.69) is 5.32 Å². The topological polar surface area (TPSA) is 105 Å². The number of nitrogens with one attached hydrogen (secondary N) is 1. The van der Waals surface area contributed by atoms with Crippen molar-refractivity contribution in [3.63, 3.8) is 0 Å². The molecular formula is C27H31N3O6S. The van der Waals surface area contributed by atoms with E-state index in [0.29, 0.717) is 11.4 Å². The maximum absolute atomic E-state index is 13.9. The molecule has 0 radical (unpaired) electrons. The first-order valence-corrected chi connectivity index (χ1v) is 13.0. The summed E-state index contributed by atoms with van der Waals surface area (Å²) in [6, 6.07) is 20.9. The highest BCUT2D eigenvalue weighted by Crippen LogP contribution is 2.32. The summed E-state index contributed by atoms with van der Waals surface area (Å²) < 4.78 is 39.3. The van der Waals surface area contributed by atoms with Crippen LogP contribution < -0.4 is 19.1 Å². The minimum Gasteiger partial charge on any atom is -0.493 e. The molecule has 1 N–H and O–H groups in total. The standard InChI is InChI=1S/C27H31N3O6S/c1-20(27(32)28-2)29(18-21-11-7-5-8-12-21)26(31)19-30(22-13-9-6-10-14-22)37(33,34)23-15-16-24(35-3)25(17-23)36-4/h5-17,20H,18-19H2,1-4H3,(H,28,32)/t20-/m0/s1. The van der Waals surface area contributed by atoms with Gasteiger partial charge in [-0.3, -0.25) is 13.9 Å². The average Bonchev–Trinajstić information content (AvgIpc) is 2.94. The summed E-state index contributed by atoms with van der Waals surface area (Å²) in [6.45, 7) is 1.22. The lowest BCUT2D eigenvalue weighted by Crippen LogP contribution is -2.50. The minimum absolute atomic E-state index is 0.0734. The second-order valence-corrected chi connectivity index (χ2v) is 10.0. The van der Waals surface area contributed by atoms with E-state index in [9.17, 15) is 18.0 Å².